The van der Waals surface area contributed by atoms with E-state index in [0.717, 1.165) is 0 Å². The molecule has 0 radical (unpaired) electrons. The van der Waals surface area contributed by atoms with Crippen LogP contribution in [0.25, 0.3) is 21.5 Å². The third-order valence-corrected chi connectivity index (χ3v) is 3.22. The van der Waals surface area contributed by atoms with Crippen molar-refractivity contribution in [3.05, 3.63) is 46.3 Å². The zero-order valence-corrected chi connectivity index (χ0v) is 10.7. The van der Waals surface area contributed by atoms with E-state index < -0.39 is 18.3 Å². The van der Waals surface area contributed by atoms with E-state index in [1.165, 1.54) is 12.1 Å². The molecule has 0 aliphatic carbocycles. The normalized spacial score (nSPS) is 11.0. The summed E-state index contributed by atoms with van der Waals surface area (Å²) in [6.45, 7) is 0. The Morgan fingerprint density at radius 3 is 2.57 bits per heavy atom. The Bertz CT molecular complexity index is 938. The lowest BCUT2D eigenvalue weighted by Crippen LogP contribution is -2.01. The molecule has 0 saturated heterocycles. The summed E-state index contributed by atoms with van der Waals surface area (Å²) in [6, 6.07) is 7.52. The zero-order chi connectivity index (χ0) is 15.1. The van der Waals surface area contributed by atoms with Gasteiger partial charge in [-0.3, -0.25) is 9.59 Å². The summed E-state index contributed by atoms with van der Waals surface area (Å²) in [6.07, 6.45) is -0.399. The second-order valence-corrected chi connectivity index (χ2v) is 4.63. The number of hydrogen-bond acceptors (Lipinski definition) is 5. The number of carboxylic acids is 1. The second kappa shape index (κ2) is 4.52. The van der Waals surface area contributed by atoms with Gasteiger partial charge < -0.3 is 19.7 Å². The highest BCUT2D eigenvalue weighted by molar-refractivity contribution is 6.06. The Labute approximate surface area is 117 Å². The van der Waals surface area contributed by atoms with Gasteiger partial charge in [-0.15, -0.1) is 0 Å². The molecule has 0 spiro atoms. The van der Waals surface area contributed by atoms with Crippen molar-refractivity contribution in [2.75, 3.05) is 0 Å². The van der Waals surface area contributed by atoms with Crippen LogP contribution in [0.1, 0.15) is 5.76 Å². The fraction of sp³-hybridized carbons (Fsp3) is 0.0667. The van der Waals surface area contributed by atoms with Crippen molar-refractivity contribution in [1.29, 1.82) is 0 Å². The van der Waals surface area contributed by atoms with Crippen LogP contribution in [0.15, 0.2) is 39.5 Å². The summed E-state index contributed by atoms with van der Waals surface area (Å²) >= 11 is 0. The predicted octanol–water partition coefficient (Wildman–Crippen LogP) is 1.98. The SMILES string of the molecule is O=C(O)Cc1cc2cc3cccc(=O)c3c(O)c2c(O)o1. The Balaban J connectivity index is 2.42. The number of carboxylic acid groups (broad SMARTS) is 1. The van der Waals surface area contributed by atoms with E-state index in [-0.39, 0.29) is 27.7 Å². The molecule has 0 aliphatic rings. The lowest BCUT2D eigenvalue weighted by Gasteiger charge is -2.08. The number of phenolic OH excluding ortho intramolecular Hbond substituents is 1. The average molecular weight is 286 g/mol. The first kappa shape index (κ1) is 13.0. The number of phenols is 1. The van der Waals surface area contributed by atoms with Crippen LogP contribution >= 0.6 is 0 Å². The third kappa shape index (κ3) is 2.06. The maximum Gasteiger partial charge on any atom is 0.311 e. The molecule has 6 nitrogen and oxygen atoms in total. The smallest absolute Gasteiger partial charge is 0.311 e. The van der Waals surface area contributed by atoms with Crippen molar-refractivity contribution in [2.24, 2.45) is 0 Å². The molecule has 2 aromatic carbocycles. The summed E-state index contributed by atoms with van der Waals surface area (Å²) < 4.78 is 4.98. The van der Waals surface area contributed by atoms with Crippen molar-refractivity contribution >= 4 is 27.5 Å². The molecule has 1 heterocycles. The summed E-state index contributed by atoms with van der Waals surface area (Å²) in [5.41, 5.74) is -0.374. The molecule has 3 aromatic rings. The largest absolute Gasteiger partial charge is 0.506 e. The Kier molecular flexibility index (Phi) is 2.79. The highest BCUT2D eigenvalue weighted by Crippen LogP contribution is 2.38. The highest BCUT2D eigenvalue weighted by Gasteiger charge is 2.16. The van der Waals surface area contributed by atoms with E-state index >= 15 is 0 Å². The maximum absolute atomic E-state index is 11.8. The van der Waals surface area contributed by atoms with Crippen LogP contribution in [0.5, 0.6) is 11.7 Å². The van der Waals surface area contributed by atoms with Crippen LogP contribution in [-0.2, 0) is 11.2 Å². The molecule has 0 aliphatic heterocycles. The molecule has 0 fully saturated rings. The minimum absolute atomic E-state index is 0.0139. The molecule has 0 amide bonds. The molecular formula is C15H10O6. The van der Waals surface area contributed by atoms with Crippen molar-refractivity contribution in [1.82, 2.24) is 0 Å². The van der Waals surface area contributed by atoms with E-state index in [1.807, 2.05) is 0 Å². The van der Waals surface area contributed by atoms with Crippen molar-refractivity contribution in [3.8, 4) is 11.7 Å². The van der Waals surface area contributed by atoms with Crippen molar-refractivity contribution < 1.29 is 24.5 Å². The van der Waals surface area contributed by atoms with Gasteiger partial charge in [-0.1, -0.05) is 12.1 Å². The number of aromatic hydroxyl groups is 2. The number of benzene rings is 2. The Hall–Kier alpha value is -3.02. The molecule has 1 aromatic heterocycles. The van der Waals surface area contributed by atoms with Gasteiger partial charge >= 0.3 is 5.97 Å². The van der Waals surface area contributed by atoms with E-state index in [1.54, 1.807) is 18.2 Å². The minimum Gasteiger partial charge on any atom is -0.506 e. The first-order chi connectivity index (χ1) is 9.97. The highest BCUT2D eigenvalue weighted by atomic mass is 16.5. The third-order valence-electron chi connectivity index (χ3n) is 3.22. The quantitative estimate of drug-likeness (QED) is 0.622. The van der Waals surface area contributed by atoms with Crippen molar-refractivity contribution in [3.63, 3.8) is 0 Å². The van der Waals surface area contributed by atoms with E-state index in [2.05, 4.69) is 0 Å². The van der Waals surface area contributed by atoms with Crippen LogP contribution in [0.2, 0.25) is 0 Å². The number of fused-ring (bicyclic) bond motifs is 2. The van der Waals surface area contributed by atoms with Crippen LogP contribution in [-0.4, -0.2) is 21.3 Å². The molecule has 21 heavy (non-hydrogen) atoms. The van der Waals surface area contributed by atoms with Gasteiger partial charge in [0, 0.05) is 0 Å². The molecule has 0 saturated carbocycles. The fourth-order valence-electron chi connectivity index (χ4n) is 2.38. The van der Waals surface area contributed by atoms with Gasteiger partial charge in [-0.05, 0) is 29.0 Å². The summed E-state index contributed by atoms with van der Waals surface area (Å²) in [7, 11) is 0. The Morgan fingerprint density at radius 2 is 1.86 bits per heavy atom. The summed E-state index contributed by atoms with van der Waals surface area (Å²) in [5, 5.41) is 29.8. The van der Waals surface area contributed by atoms with E-state index in [9.17, 15) is 19.8 Å². The van der Waals surface area contributed by atoms with Crippen LogP contribution in [0.3, 0.4) is 0 Å². The number of rotatable bonds is 2. The zero-order valence-electron chi connectivity index (χ0n) is 10.7. The summed E-state index contributed by atoms with van der Waals surface area (Å²) in [5.74, 6) is -2.06. The molecule has 3 N–H and O–H groups in total. The van der Waals surface area contributed by atoms with Gasteiger partial charge in [0.15, 0.2) is 5.43 Å². The van der Waals surface area contributed by atoms with Gasteiger partial charge in [-0.25, -0.2) is 0 Å². The number of hydrogen-bond donors (Lipinski definition) is 3. The molecule has 6 heteroatoms. The van der Waals surface area contributed by atoms with Crippen LogP contribution in [0, 0.1) is 0 Å². The van der Waals surface area contributed by atoms with Gasteiger partial charge in [0.2, 0.25) is 0 Å². The first-order valence-corrected chi connectivity index (χ1v) is 6.09. The van der Waals surface area contributed by atoms with Crippen LogP contribution < -0.4 is 5.43 Å². The average Bonchev–Trinajstić information content (AvgIpc) is 2.36. The topological polar surface area (TPSA) is 108 Å². The van der Waals surface area contributed by atoms with Gasteiger partial charge in [-0.2, -0.15) is 0 Å². The van der Waals surface area contributed by atoms with Crippen molar-refractivity contribution in [2.45, 2.75) is 6.42 Å². The van der Waals surface area contributed by atoms with Crippen LogP contribution in [0.4, 0.5) is 0 Å². The van der Waals surface area contributed by atoms with Gasteiger partial charge in [0.25, 0.3) is 5.95 Å². The standard InChI is InChI=1S/C15H10O6/c16-10-3-1-2-7-4-8-5-9(6-11(17)18)21-15(20)13(8)14(19)12(7)10/h1-5,19-20H,6H2,(H,17,18). The molecule has 3 rings (SSSR count). The molecule has 0 unspecified atom stereocenters. The predicted molar refractivity (Wildman–Crippen MR) is 74.7 cm³/mol. The second-order valence-electron chi connectivity index (χ2n) is 4.63. The molecule has 0 atom stereocenters. The van der Waals surface area contributed by atoms with E-state index in [4.69, 9.17) is 9.52 Å². The maximum atomic E-state index is 11.8. The monoisotopic (exact) mass is 286 g/mol. The molecule has 0 bridgehead atoms. The van der Waals surface area contributed by atoms with Gasteiger partial charge in [0.1, 0.15) is 23.3 Å². The lowest BCUT2D eigenvalue weighted by atomic mass is 10.0. The summed E-state index contributed by atoms with van der Waals surface area (Å²) in [4.78, 5) is 22.5. The van der Waals surface area contributed by atoms with E-state index in [0.29, 0.717) is 10.8 Å². The Morgan fingerprint density at radius 1 is 1.10 bits per heavy atom. The lowest BCUT2D eigenvalue weighted by molar-refractivity contribution is -0.136. The first-order valence-electron chi connectivity index (χ1n) is 6.09. The molecule has 106 valence electrons. The number of carbonyl (C=O) groups is 1. The van der Waals surface area contributed by atoms with Gasteiger partial charge in [0.05, 0.1) is 5.39 Å². The minimum atomic E-state index is -1.11. The fourth-order valence-corrected chi connectivity index (χ4v) is 2.38. The number of aliphatic carboxylic acids is 1. The molecular weight excluding hydrogens is 276 g/mol.